The van der Waals surface area contributed by atoms with E-state index in [-0.39, 0.29) is 6.98 Å². The molecule has 0 saturated carbocycles. The van der Waals surface area contributed by atoms with Crippen LogP contribution in [0.5, 0.6) is 0 Å². The number of nitrogens with zero attached hydrogens (tertiary/aromatic N) is 2. The lowest BCUT2D eigenvalue weighted by atomic mass is 9.66. The Labute approximate surface area is 156 Å². The number of hydrogen-bond donors (Lipinski definition) is 0. The van der Waals surface area contributed by atoms with Crippen molar-refractivity contribution in [2.75, 3.05) is 13.1 Å². The molecule has 0 aromatic heterocycles. The molecule has 3 heteroatoms. The van der Waals surface area contributed by atoms with E-state index in [9.17, 15) is 0 Å². The molecule has 0 unspecified atom stereocenters. The van der Waals surface area contributed by atoms with E-state index in [1.54, 1.807) is 0 Å². The maximum Gasteiger partial charge on any atom is 0.397 e. The van der Waals surface area contributed by atoms with Gasteiger partial charge in [-0.2, -0.15) is 0 Å². The van der Waals surface area contributed by atoms with Crippen LogP contribution in [0.2, 0.25) is 0 Å². The highest BCUT2D eigenvalue weighted by molar-refractivity contribution is 6.70. The van der Waals surface area contributed by atoms with Gasteiger partial charge in [0.1, 0.15) is 0 Å². The van der Waals surface area contributed by atoms with Crippen LogP contribution in [-0.4, -0.2) is 30.6 Å². The van der Waals surface area contributed by atoms with Gasteiger partial charge in [0.15, 0.2) is 0 Å². The minimum atomic E-state index is 0.0369. The third kappa shape index (κ3) is 2.99. The summed E-state index contributed by atoms with van der Waals surface area (Å²) in [5, 5.41) is 0. The monoisotopic (exact) mass is 338 g/mol. The van der Waals surface area contributed by atoms with Crippen LogP contribution in [0, 0.1) is 0 Å². The molecule has 0 radical (unpaired) electrons. The number of rotatable bonds is 5. The Bertz CT molecular complexity index is 918. The van der Waals surface area contributed by atoms with Crippen LogP contribution < -0.4 is 5.46 Å². The molecule has 128 valence electrons. The number of fused-ring (bicyclic) bond motifs is 3. The lowest BCUT2D eigenvalue weighted by molar-refractivity contribution is 0.485. The van der Waals surface area contributed by atoms with Crippen molar-refractivity contribution in [1.29, 1.82) is 0 Å². The van der Waals surface area contributed by atoms with Gasteiger partial charge in [0.2, 0.25) is 0 Å². The number of benzene rings is 2. The molecule has 0 fully saturated rings. The van der Waals surface area contributed by atoms with E-state index in [1.165, 1.54) is 27.7 Å². The van der Waals surface area contributed by atoms with Crippen LogP contribution in [-0.2, 0) is 0 Å². The Kier molecular flexibility index (Phi) is 4.72. The van der Waals surface area contributed by atoms with Crippen molar-refractivity contribution >= 4 is 29.8 Å². The van der Waals surface area contributed by atoms with Crippen molar-refractivity contribution < 1.29 is 0 Å². The highest BCUT2D eigenvalue weighted by Crippen LogP contribution is 2.38. The van der Waals surface area contributed by atoms with Crippen LogP contribution in [0.25, 0.3) is 11.6 Å². The zero-order valence-corrected chi connectivity index (χ0v) is 15.4. The highest BCUT2D eigenvalue weighted by atomic mass is 15.1. The molecular formula is C23H23BN2. The largest absolute Gasteiger partial charge is 0.397 e. The molecule has 0 N–H and O–H groups in total. The van der Waals surface area contributed by atoms with Crippen LogP contribution in [0.3, 0.4) is 0 Å². The van der Waals surface area contributed by atoms with E-state index in [2.05, 4.69) is 97.6 Å². The second kappa shape index (κ2) is 7.31. The molecule has 0 saturated heterocycles. The first kappa shape index (κ1) is 16.8. The van der Waals surface area contributed by atoms with E-state index in [4.69, 9.17) is 4.90 Å². The van der Waals surface area contributed by atoms with Crippen LogP contribution in [0.1, 0.15) is 25.0 Å². The van der Waals surface area contributed by atoms with Crippen LogP contribution in [0.15, 0.2) is 83.3 Å². The Morgan fingerprint density at radius 3 is 2.38 bits per heavy atom. The molecule has 0 amide bonds. The number of hydrogen-bond acceptors (Lipinski definition) is 2. The molecular weight excluding hydrogens is 315 g/mol. The summed E-state index contributed by atoms with van der Waals surface area (Å²) < 4.78 is 0. The molecule has 2 aromatic carbocycles. The molecule has 0 heterocycles. The Morgan fingerprint density at radius 2 is 1.62 bits per heavy atom. The highest BCUT2D eigenvalue weighted by Gasteiger charge is 2.27. The summed E-state index contributed by atoms with van der Waals surface area (Å²) in [7, 11) is 0. The Morgan fingerprint density at radius 1 is 0.885 bits per heavy atom. The summed E-state index contributed by atoms with van der Waals surface area (Å²) in [5.41, 5.74) is 7.42. The normalized spacial score (nSPS) is 16.3. The molecule has 0 bridgehead atoms. The Hall–Kier alpha value is -2.65. The van der Waals surface area contributed by atoms with Gasteiger partial charge in [0.25, 0.3) is 0 Å². The van der Waals surface area contributed by atoms with Gasteiger partial charge in [-0.1, -0.05) is 80.6 Å². The van der Waals surface area contributed by atoms with Gasteiger partial charge >= 0.3 is 6.98 Å². The van der Waals surface area contributed by atoms with Crippen molar-refractivity contribution in [2.45, 2.75) is 13.8 Å². The SMILES string of the molecule is CCN(CC)B(N=C1C=CC=C2C1=Cc1ccccc12)c1ccccc1. The van der Waals surface area contributed by atoms with Gasteiger partial charge in [0, 0.05) is 5.57 Å². The second-order valence-electron chi connectivity index (χ2n) is 6.60. The predicted molar refractivity (Wildman–Crippen MR) is 114 cm³/mol. The summed E-state index contributed by atoms with van der Waals surface area (Å²) >= 11 is 0. The summed E-state index contributed by atoms with van der Waals surface area (Å²) in [6.45, 7) is 6.38. The lowest BCUT2D eigenvalue weighted by Gasteiger charge is -2.25. The van der Waals surface area contributed by atoms with Gasteiger partial charge in [0.05, 0.1) is 5.71 Å². The molecule has 0 atom stereocenters. The second-order valence-corrected chi connectivity index (χ2v) is 6.60. The minimum absolute atomic E-state index is 0.0369. The van der Waals surface area contributed by atoms with Crippen molar-refractivity contribution in [3.63, 3.8) is 0 Å². The van der Waals surface area contributed by atoms with Gasteiger partial charge < -0.3 is 9.71 Å². The smallest absolute Gasteiger partial charge is 0.318 e. The summed E-state index contributed by atoms with van der Waals surface area (Å²) in [4.78, 5) is 7.62. The van der Waals surface area contributed by atoms with E-state index >= 15 is 0 Å². The first-order valence-electron chi connectivity index (χ1n) is 9.38. The van der Waals surface area contributed by atoms with E-state index < -0.39 is 0 Å². The zero-order chi connectivity index (χ0) is 17.9. The predicted octanol–water partition coefficient (Wildman–Crippen LogP) is 4.22. The van der Waals surface area contributed by atoms with Gasteiger partial charge in [-0.15, -0.1) is 0 Å². The fourth-order valence-corrected chi connectivity index (χ4v) is 3.77. The first-order chi connectivity index (χ1) is 12.8. The summed E-state index contributed by atoms with van der Waals surface area (Å²) in [6, 6.07) is 19.2. The van der Waals surface area contributed by atoms with Gasteiger partial charge in [-0.3, -0.25) is 0 Å². The van der Waals surface area contributed by atoms with Crippen LogP contribution >= 0.6 is 0 Å². The number of allylic oxidation sites excluding steroid dienone is 5. The van der Waals surface area contributed by atoms with E-state index in [0.29, 0.717) is 0 Å². The molecule has 0 aliphatic heterocycles. The lowest BCUT2D eigenvalue weighted by Crippen LogP contribution is -2.47. The Balaban J connectivity index is 1.77. The van der Waals surface area contributed by atoms with E-state index in [0.717, 1.165) is 18.8 Å². The zero-order valence-electron chi connectivity index (χ0n) is 15.4. The average Bonchev–Trinajstić information content (AvgIpc) is 3.08. The van der Waals surface area contributed by atoms with Gasteiger partial charge in [-0.05, 0) is 47.4 Å². The van der Waals surface area contributed by atoms with Crippen molar-refractivity contribution in [3.8, 4) is 0 Å². The quantitative estimate of drug-likeness (QED) is 0.746. The summed E-state index contributed by atoms with van der Waals surface area (Å²) in [5.74, 6) is 0. The third-order valence-corrected chi connectivity index (χ3v) is 5.15. The third-order valence-electron chi connectivity index (χ3n) is 5.15. The molecule has 4 rings (SSSR count). The maximum atomic E-state index is 5.22. The molecule has 26 heavy (non-hydrogen) atoms. The summed E-state index contributed by atoms with van der Waals surface area (Å²) in [6.07, 6.45) is 8.73. The average molecular weight is 338 g/mol. The fraction of sp³-hybridized carbons (Fsp3) is 0.174. The van der Waals surface area contributed by atoms with Crippen molar-refractivity contribution in [2.24, 2.45) is 4.90 Å². The maximum absolute atomic E-state index is 5.22. The molecule has 2 aliphatic carbocycles. The standard InChI is InChI=1S/C23H23BN2/c1-3-26(4-2)24(19-12-6-5-7-13-19)25-23-16-10-15-21-20-14-9-8-11-18(20)17-22(21)23/h5-17H,3-4H2,1-2H3. The van der Waals surface area contributed by atoms with Crippen molar-refractivity contribution in [1.82, 2.24) is 4.81 Å². The van der Waals surface area contributed by atoms with Gasteiger partial charge in [-0.25, -0.2) is 0 Å². The fourth-order valence-electron chi connectivity index (χ4n) is 3.77. The molecule has 2 nitrogen and oxygen atoms in total. The first-order valence-corrected chi connectivity index (χ1v) is 9.38. The molecule has 0 spiro atoms. The topological polar surface area (TPSA) is 15.6 Å². The van der Waals surface area contributed by atoms with Crippen LogP contribution in [0.4, 0.5) is 0 Å². The molecule has 2 aromatic rings. The van der Waals surface area contributed by atoms with Crippen molar-refractivity contribution in [3.05, 3.63) is 89.5 Å². The molecule has 2 aliphatic rings. The minimum Gasteiger partial charge on any atom is -0.318 e. The van der Waals surface area contributed by atoms with E-state index in [1.807, 2.05) is 0 Å².